The molecule has 0 saturated heterocycles. The largest absolute Gasteiger partial charge is 0.489 e. The van der Waals surface area contributed by atoms with Gasteiger partial charge in [0.15, 0.2) is 0 Å². The number of hydrogen-bond donors (Lipinski definition) is 1. The predicted octanol–water partition coefficient (Wildman–Crippen LogP) is 7.26. The minimum absolute atomic E-state index is 0.101. The van der Waals surface area contributed by atoms with Gasteiger partial charge in [0.2, 0.25) is 0 Å². The molecule has 0 fully saturated rings. The van der Waals surface area contributed by atoms with Gasteiger partial charge in [0.1, 0.15) is 18.0 Å². The van der Waals surface area contributed by atoms with E-state index in [-0.39, 0.29) is 13.1 Å². The third kappa shape index (κ3) is 8.72. The summed E-state index contributed by atoms with van der Waals surface area (Å²) in [5, 5.41) is 2.60. The van der Waals surface area contributed by atoms with E-state index in [9.17, 15) is 14.4 Å². The van der Waals surface area contributed by atoms with E-state index in [2.05, 4.69) is 5.32 Å². The highest BCUT2D eigenvalue weighted by Crippen LogP contribution is 2.27. The third-order valence-corrected chi connectivity index (χ3v) is 7.44. The van der Waals surface area contributed by atoms with Crippen LogP contribution in [-0.2, 0) is 33.8 Å². The molecule has 1 atom stereocenters. The van der Waals surface area contributed by atoms with E-state index in [1.807, 2.05) is 103 Å². The fourth-order valence-corrected chi connectivity index (χ4v) is 5.13. The van der Waals surface area contributed by atoms with Crippen molar-refractivity contribution in [3.8, 4) is 16.9 Å². The molecule has 1 aliphatic rings. The van der Waals surface area contributed by atoms with Crippen molar-refractivity contribution in [1.29, 1.82) is 0 Å². The molecule has 0 aromatic heterocycles. The molecule has 45 heavy (non-hydrogen) atoms. The molecular weight excluding hydrogens is 568 g/mol. The van der Waals surface area contributed by atoms with Gasteiger partial charge in [0.25, 0.3) is 0 Å². The van der Waals surface area contributed by atoms with E-state index in [1.165, 1.54) is 4.90 Å². The maximum Gasteiger partial charge on any atom is 0.419 e. The van der Waals surface area contributed by atoms with Gasteiger partial charge in [-0.05, 0) is 72.7 Å². The maximum atomic E-state index is 13.2. The molecule has 5 rings (SSSR count). The summed E-state index contributed by atoms with van der Waals surface area (Å²) in [4.78, 5) is 40.3. The zero-order chi connectivity index (χ0) is 31.8. The number of nitrogens with one attached hydrogen (secondary N) is 1. The van der Waals surface area contributed by atoms with E-state index in [1.54, 1.807) is 20.8 Å². The summed E-state index contributed by atoms with van der Waals surface area (Å²) in [6, 6.07) is 33.2. The highest BCUT2D eigenvalue weighted by molar-refractivity contribution is 5.85. The molecule has 4 aromatic rings. The molecule has 0 aliphatic carbocycles. The van der Waals surface area contributed by atoms with Crippen LogP contribution >= 0.6 is 0 Å². The number of fused-ring (bicyclic) bond motifs is 1. The summed E-state index contributed by atoms with van der Waals surface area (Å²) in [7, 11) is 0. The lowest BCUT2D eigenvalue weighted by atomic mass is 9.96. The van der Waals surface area contributed by atoms with Crippen LogP contribution in [-0.4, -0.2) is 41.7 Å². The van der Waals surface area contributed by atoms with Gasteiger partial charge < -0.3 is 24.4 Å². The Morgan fingerprint density at radius 3 is 2.18 bits per heavy atom. The lowest BCUT2D eigenvalue weighted by Gasteiger charge is -2.28. The third-order valence-electron chi connectivity index (χ3n) is 7.44. The Labute approximate surface area is 263 Å². The van der Waals surface area contributed by atoms with Crippen molar-refractivity contribution in [1.82, 2.24) is 10.2 Å². The van der Waals surface area contributed by atoms with Crippen LogP contribution in [0.2, 0.25) is 0 Å². The van der Waals surface area contributed by atoms with Crippen LogP contribution in [0.1, 0.15) is 48.9 Å². The average Bonchev–Trinajstić information content (AvgIpc) is 3.04. The number of rotatable bonds is 8. The molecule has 8 heteroatoms. The highest BCUT2D eigenvalue weighted by atomic mass is 16.6. The SMILES string of the molecule is CC(C)(C)OC(=O)C(CNC(=O)OC(=O)N1CCc2ccc(OCc3ccccc3)cc2C1)c1ccc(-c2ccccc2)cc1. The van der Waals surface area contributed by atoms with Gasteiger partial charge in [0.05, 0.1) is 5.92 Å². The summed E-state index contributed by atoms with van der Waals surface area (Å²) in [6.07, 6.45) is -1.06. The van der Waals surface area contributed by atoms with Gasteiger partial charge >= 0.3 is 18.2 Å². The van der Waals surface area contributed by atoms with Crippen LogP contribution in [0, 0.1) is 0 Å². The van der Waals surface area contributed by atoms with Crippen molar-refractivity contribution < 1.29 is 28.6 Å². The molecule has 8 nitrogen and oxygen atoms in total. The summed E-state index contributed by atoms with van der Waals surface area (Å²) in [6.45, 7) is 6.40. The molecule has 232 valence electrons. The number of ether oxygens (including phenoxy) is 3. The lowest BCUT2D eigenvalue weighted by Crippen LogP contribution is -2.41. The summed E-state index contributed by atoms with van der Waals surface area (Å²) in [5.74, 6) is -0.581. The molecule has 0 radical (unpaired) electrons. The summed E-state index contributed by atoms with van der Waals surface area (Å²) in [5.41, 5.74) is 5.13. The Kier molecular flexibility index (Phi) is 9.82. The fourth-order valence-electron chi connectivity index (χ4n) is 5.13. The smallest absolute Gasteiger partial charge is 0.419 e. The quantitative estimate of drug-likeness (QED) is 0.168. The molecule has 0 saturated carbocycles. The van der Waals surface area contributed by atoms with Gasteiger partial charge in [-0.3, -0.25) is 4.79 Å². The maximum absolute atomic E-state index is 13.2. The minimum atomic E-state index is -0.930. The summed E-state index contributed by atoms with van der Waals surface area (Å²) >= 11 is 0. The Morgan fingerprint density at radius 2 is 1.49 bits per heavy atom. The standard InChI is InChI=1S/C37H38N2O6/c1-37(2,3)45-34(40)33(30-16-14-28(15-17-30)27-12-8-5-9-13-27)23-38-35(41)44-36(42)39-21-20-29-18-19-32(22-31(29)24-39)43-25-26-10-6-4-7-11-26/h4-19,22,33H,20-21,23-25H2,1-3H3,(H,38,41). The normalized spacial score (nSPS) is 13.3. The van der Waals surface area contributed by atoms with Crippen LogP contribution in [0.3, 0.4) is 0 Å². The first kappa shape index (κ1) is 31.3. The topological polar surface area (TPSA) is 94.2 Å². The van der Waals surface area contributed by atoms with E-state index in [0.29, 0.717) is 30.9 Å². The number of carbonyl (C=O) groups is 3. The van der Waals surface area contributed by atoms with E-state index >= 15 is 0 Å². The van der Waals surface area contributed by atoms with Gasteiger partial charge in [-0.1, -0.05) is 91.0 Å². The molecular formula is C37H38N2O6. The summed E-state index contributed by atoms with van der Waals surface area (Å²) < 4.78 is 16.7. The Morgan fingerprint density at radius 1 is 0.822 bits per heavy atom. The number of carbonyl (C=O) groups excluding carboxylic acids is 3. The molecule has 1 aliphatic heterocycles. The molecule has 4 aromatic carbocycles. The van der Waals surface area contributed by atoms with Crippen LogP contribution in [0.15, 0.2) is 103 Å². The van der Waals surface area contributed by atoms with Crippen molar-refractivity contribution >= 4 is 18.2 Å². The van der Waals surface area contributed by atoms with Crippen molar-refractivity contribution in [3.63, 3.8) is 0 Å². The first-order valence-corrected chi connectivity index (χ1v) is 15.1. The Hall–Kier alpha value is -5.11. The van der Waals surface area contributed by atoms with Crippen LogP contribution in [0.25, 0.3) is 11.1 Å². The van der Waals surface area contributed by atoms with Gasteiger partial charge in [-0.15, -0.1) is 0 Å². The number of alkyl carbamates (subject to hydrolysis) is 1. The minimum Gasteiger partial charge on any atom is -0.489 e. The Balaban J connectivity index is 1.19. The molecule has 1 unspecified atom stereocenters. The zero-order valence-electron chi connectivity index (χ0n) is 25.8. The van der Waals surface area contributed by atoms with Crippen LogP contribution < -0.4 is 10.1 Å². The zero-order valence-corrected chi connectivity index (χ0v) is 25.8. The van der Waals surface area contributed by atoms with E-state index < -0.39 is 29.7 Å². The number of hydrogen-bond acceptors (Lipinski definition) is 6. The van der Waals surface area contributed by atoms with Crippen molar-refractivity contribution in [2.75, 3.05) is 13.1 Å². The molecule has 0 bridgehead atoms. The fraction of sp³-hybridized carbons (Fsp3) is 0.270. The number of amides is 2. The lowest BCUT2D eigenvalue weighted by molar-refractivity contribution is -0.156. The van der Waals surface area contributed by atoms with Crippen LogP contribution in [0.5, 0.6) is 5.75 Å². The second-order valence-electron chi connectivity index (χ2n) is 12.0. The second-order valence-corrected chi connectivity index (χ2v) is 12.0. The Bertz CT molecular complexity index is 1610. The molecule has 1 N–H and O–H groups in total. The number of nitrogens with zero attached hydrogens (tertiary/aromatic N) is 1. The van der Waals surface area contributed by atoms with Crippen LogP contribution in [0.4, 0.5) is 9.59 Å². The van der Waals surface area contributed by atoms with E-state index in [4.69, 9.17) is 14.2 Å². The molecule has 0 spiro atoms. The second kappa shape index (κ2) is 14.1. The number of esters is 1. The monoisotopic (exact) mass is 606 g/mol. The molecule has 1 heterocycles. The highest BCUT2D eigenvalue weighted by Gasteiger charge is 2.29. The van der Waals surface area contributed by atoms with Gasteiger partial charge in [-0.25, -0.2) is 9.59 Å². The van der Waals surface area contributed by atoms with Gasteiger partial charge in [-0.2, -0.15) is 0 Å². The van der Waals surface area contributed by atoms with Crippen molar-refractivity contribution in [3.05, 3.63) is 125 Å². The van der Waals surface area contributed by atoms with Crippen molar-refractivity contribution in [2.24, 2.45) is 0 Å². The number of benzene rings is 4. The van der Waals surface area contributed by atoms with E-state index in [0.717, 1.165) is 27.8 Å². The molecule has 2 amide bonds. The van der Waals surface area contributed by atoms with Crippen molar-refractivity contribution in [2.45, 2.75) is 51.9 Å². The predicted molar refractivity (Wildman–Crippen MR) is 172 cm³/mol. The van der Waals surface area contributed by atoms with Gasteiger partial charge in [0, 0.05) is 19.6 Å². The first-order valence-electron chi connectivity index (χ1n) is 15.1. The average molecular weight is 607 g/mol. The first-order chi connectivity index (χ1) is 21.6.